The summed E-state index contributed by atoms with van der Waals surface area (Å²) < 4.78 is 5.50. The highest BCUT2D eigenvalue weighted by molar-refractivity contribution is 14.1. The van der Waals surface area contributed by atoms with E-state index in [0.29, 0.717) is 18.7 Å². The average Bonchev–Trinajstić information content (AvgIpc) is 2.87. The second-order valence-corrected chi connectivity index (χ2v) is 5.51. The van der Waals surface area contributed by atoms with Gasteiger partial charge in [0.15, 0.2) is 0 Å². The summed E-state index contributed by atoms with van der Waals surface area (Å²) in [7, 11) is 1.33. The van der Waals surface area contributed by atoms with E-state index in [1.165, 1.54) is 7.11 Å². The number of halogens is 1. The monoisotopic (exact) mass is 374 g/mol. The maximum Gasteiger partial charge on any atom is 0.407 e. The molecule has 1 heterocycles. The van der Waals surface area contributed by atoms with E-state index in [1.54, 1.807) is 4.90 Å². The van der Waals surface area contributed by atoms with Crippen molar-refractivity contribution in [3.8, 4) is 0 Å². The number of ether oxygens (including phenoxy) is 1. The second-order valence-electron chi connectivity index (χ2n) is 4.35. The first-order chi connectivity index (χ1) is 9.11. The van der Waals surface area contributed by atoms with Crippen LogP contribution in [0.1, 0.15) is 16.8 Å². The minimum absolute atomic E-state index is 0.0131. The Kier molecular flexibility index (Phi) is 4.62. The van der Waals surface area contributed by atoms with Crippen LogP contribution in [0.15, 0.2) is 24.3 Å². The zero-order valence-electron chi connectivity index (χ0n) is 10.6. The van der Waals surface area contributed by atoms with Gasteiger partial charge in [-0.1, -0.05) is 12.1 Å². The molecule has 0 spiro atoms. The van der Waals surface area contributed by atoms with Gasteiger partial charge in [0.05, 0.1) is 18.7 Å². The second kappa shape index (κ2) is 6.23. The van der Waals surface area contributed by atoms with Gasteiger partial charge in [0, 0.05) is 16.7 Å². The fourth-order valence-corrected chi connectivity index (χ4v) is 2.71. The number of amides is 2. The third kappa shape index (κ3) is 3.37. The van der Waals surface area contributed by atoms with Crippen LogP contribution in [0.3, 0.4) is 0 Å². The normalized spacial score (nSPS) is 18.2. The van der Waals surface area contributed by atoms with Crippen LogP contribution in [-0.2, 0) is 4.74 Å². The average molecular weight is 374 g/mol. The number of hydrogen-bond donors (Lipinski definition) is 1. The molecule has 1 N–H and O–H groups in total. The highest BCUT2D eigenvalue weighted by Crippen LogP contribution is 2.18. The predicted molar refractivity (Wildman–Crippen MR) is 79.0 cm³/mol. The van der Waals surface area contributed by atoms with Crippen molar-refractivity contribution in [3.63, 3.8) is 0 Å². The SMILES string of the molecule is COC(=O)NC1CCN(C(=O)c2ccccc2I)C1. The van der Waals surface area contributed by atoms with Gasteiger partial charge in [-0.2, -0.15) is 0 Å². The number of nitrogens with zero attached hydrogens (tertiary/aromatic N) is 1. The molecular formula is C13H15IN2O3. The third-order valence-corrected chi connectivity index (χ3v) is 4.03. The first kappa shape index (κ1) is 14.1. The smallest absolute Gasteiger partial charge is 0.407 e. The molecule has 1 saturated heterocycles. The van der Waals surface area contributed by atoms with Crippen LogP contribution in [0, 0.1) is 3.57 Å². The highest BCUT2D eigenvalue weighted by atomic mass is 127. The van der Waals surface area contributed by atoms with Gasteiger partial charge in [0.25, 0.3) is 5.91 Å². The van der Waals surface area contributed by atoms with Crippen LogP contribution in [0.25, 0.3) is 0 Å². The number of alkyl carbamates (subject to hydrolysis) is 1. The highest BCUT2D eigenvalue weighted by Gasteiger charge is 2.28. The van der Waals surface area contributed by atoms with Crippen molar-refractivity contribution in [2.24, 2.45) is 0 Å². The molecule has 2 rings (SSSR count). The predicted octanol–water partition coefficient (Wildman–Crippen LogP) is 1.86. The molecule has 2 amide bonds. The Morgan fingerprint density at radius 1 is 1.42 bits per heavy atom. The van der Waals surface area contributed by atoms with Crippen molar-refractivity contribution >= 4 is 34.6 Å². The molecule has 1 aromatic carbocycles. The van der Waals surface area contributed by atoms with Crippen molar-refractivity contribution in [3.05, 3.63) is 33.4 Å². The van der Waals surface area contributed by atoms with Gasteiger partial charge in [-0.05, 0) is 41.1 Å². The summed E-state index contributed by atoms with van der Waals surface area (Å²) in [6.45, 7) is 1.18. The summed E-state index contributed by atoms with van der Waals surface area (Å²) in [6, 6.07) is 7.47. The minimum atomic E-state index is -0.450. The number of likely N-dealkylation sites (tertiary alicyclic amines) is 1. The Labute approximate surface area is 125 Å². The molecule has 19 heavy (non-hydrogen) atoms. The summed E-state index contributed by atoms with van der Waals surface area (Å²) in [5.74, 6) is 0.0131. The first-order valence-corrected chi connectivity index (χ1v) is 7.08. The molecule has 0 saturated carbocycles. The Bertz CT molecular complexity index is 493. The number of benzene rings is 1. The van der Waals surface area contributed by atoms with Gasteiger partial charge in [0.2, 0.25) is 0 Å². The maximum atomic E-state index is 12.3. The van der Waals surface area contributed by atoms with Crippen molar-refractivity contribution in [1.29, 1.82) is 0 Å². The van der Waals surface area contributed by atoms with Gasteiger partial charge in [-0.3, -0.25) is 4.79 Å². The fourth-order valence-electron chi connectivity index (χ4n) is 2.09. The number of carbonyl (C=O) groups excluding carboxylic acids is 2. The molecule has 1 aromatic rings. The van der Waals surface area contributed by atoms with Gasteiger partial charge in [-0.25, -0.2) is 4.79 Å². The summed E-state index contributed by atoms with van der Waals surface area (Å²) >= 11 is 2.16. The Morgan fingerprint density at radius 3 is 2.84 bits per heavy atom. The van der Waals surface area contributed by atoms with E-state index in [4.69, 9.17) is 0 Å². The molecule has 0 aromatic heterocycles. The summed E-state index contributed by atoms with van der Waals surface area (Å²) in [5.41, 5.74) is 0.710. The van der Waals surface area contributed by atoms with E-state index >= 15 is 0 Å². The molecule has 102 valence electrons. The minimum Gasteiger partial charge on any atom is -0.453 e. The molecule has 0 aliphatic carbocycles. The van der Waals surface area contributed by atoms with Crippen LogP contribution in [0.2, 0.25) is 0 Å². The van der Waals surface area contributed by atoms with Gasteiger partial charge in [0.1, 0.15) is 0 Å². The lowest BCUT2D eigenvalue weighted by Gasteiger charge is -2.17. The lowest BCUT2D eigenvalue weighted by Crippen LogP contribution is -2.38. The molecule has 0 radical (unpaired) electrons. The van der Waals surface area contributed by atoms with Crippen molar-refractivity contribution in [2.75, 3.05) is 20.2 Å². The Morgan fingerprint density at radius 2 is 2.16 bits per heavy atom. The van der Waals surface area contributed by atoms with E-state index in [2.05, 4.69) is 32.6 Å². The topological polar surface area (TPSA) is 58.6 Å². The number of rotatable bonds is 2. The standard InChI is InChI=1S/C13H15IN2O3/c1-19-13(18)15-9-6-7-16(8-9)12(17)10-4-2-3-5-11(10)14/h2-5,9H,6-8H2,1H3,(H,15,18). The number of hydrogen-bond acceptors (Lipinski definition) is 3. The van der Waals surface area contributed by atoms with Crippen LogP contribution >= 0.6 is 22.6 Å². The summed E-state index contributed by atoms with van der Waals surface area (Å²) in [4.78, 5) is 25.2. The third-order valence-electron chi connectivity index (χ3n) is 3.09. The van der Waals surface area contributed by atoms with E-state index in [-0.39, 0.29) is 11.9 Å². The van der Waals surface area contributed by atoms with Gasteiger partial charge < -0.3 is 15.0 Å². The van der Waals surface area contributed by atoms with Crippen molar-refractivity contribution in [1.82, 2.24) is 10.2 Å². The molecule has 1 unspecified atom stereocenters. The van der Waals surface area contributed by atoms with E-state index in [0.717, 1.165) is 9.99 Å². The lowest BCUT2D eigenvalue weighted by molar-refractivity contribution is 0.0787. The van der Waals surface area contributed by atoms with Crippen molar-refractivity contribution in [2.45, 2.75) is 12.5 Å². The van der Waals surface area contributed by atoms with Crippen LogP contribution in [0.5, 0.6) is 0 Å². The maximum absolute atomic E-state index is 12.3. The Hall–Kier alpha value is -1.31. The fraction of sp³-hybridized carbons (Fsp3) is 0.385. The number of methoxy groups -OCH3 is 1. The summed E-state index contributed by atoms with van der Waals surface area (Å²) in [5, 5.41) is 2.72. The summed E-state index contributed by atoms with van der Waals surface area (Å²) in [6.07, 6.45) is 0.304. The molecule has 1 atom stereocenters. The molecular weight excluding hydrogens is 359 g/mol. The first-order valence-electron chi connectivity index (χ1n) is 6.00. The molecule has 5 nitrogen and oxygen atoms in total. The van der Waals surface area contributed by atoms with E-state index in [1.807, 2.05) is 24.3 Å². The van der Waals surface area contributed by atoms with E-state index in [9.17, 15) is 9.59 Å². The molecule has 0 bridgehead atoms. The number of nitrogens with one attached hydrogen (secondary N) is 1. The van der Waals surface area contributed by atoms with Crippen LogP contribution in [-0.4, -0.2) is 43.1 Å². The molecule has 6 heteroatoms. The van der Waals surface area contributed by atoms with Crippen LogP contribution in [0.4, 0.5) is 4.79 Å². The largest absolute Gasteiger partial charge is 0.453 e. The van der Waals surface area contributed by atoms with Crippen LogP contribution < -0.4 is 5.32 Å². The molecule has 1 aliphatic rings. The van der Waals surface area contributed by atoms with Gasteiger partial charge in [-0.15, -0.1) is 0 Å². The Balaban J connectivity index is 1.99. The quantitative estimate of drug-likeness (QED) is 0.805. The zero-order chi connectivity index (χ0) is 13.8. The molecule has 1 aliphatic heterocycles. The van der Waals surface area contributed by atoms with Crippen molar-refractivity contribution < 1.29 is 14.3 Å². The molecule has 1 fully saturated rings. The lowest BCUT2D eigenvalue weighted by atomic mass is 10.2. The zero-order valence-corrected chi connectivity index (χ0v) is 12.7. The number of carbonyl (C=O) groups is 2. The van der Waals surface area contributed by atoms with Gasteiger partial charge >= 0.3 is 6.09 Å². The van der Waals surface area contributed by atoms with E-state index < -0.39 is 6.09 Å².